The first-order valence-electron chi connectivity index (χ1n) is 9.90. The highest BCUT2D eigenvalue weighted by atomic mass is 19.4. The van der Waals surface area contributed by atoms with Gasteiger partial charge in [0.15, 0.2) is 0 Å². The monoisotopic (exact) mass is 413 g/mol. The van der Waals surface area contributed by atoms with Gasteiger partial charge in [0.2, 0.25) is 5.95 Å². The van der Waals surface area contributed by atoms with Crippen LogP contribution in [0.15, 0.2) is 48.7 Å². The minimum atomic E-state index is -4.41. The number of benzene rings is 1. The van der Waals surface area contributed by atoms with Gasteiger partial charge in [0.1, 0.15) is 5.82 Å². The number of nitrogens with one attached hydrogen (secondary N) is 2. The number of anilines is 3. The van der Waals surface area contributed by atoms with Crippen LogP contribution in [-0.4, -0.2) is 21.0 Å². The fourth-order valence-electron chi connectivity index (χ4n) is 3.55. The number of alkyl halides is 3. The molecule has 0 bridgehead atoms. The second-order valence-electron chi connectivity index (χ2n) is 7.46. The Bertz CT molecular complexity index is 1020. The van der Waals surface area contributed by atoms with Crippen LogP contribution in [0, 0.1) is 6.92 Å². The molecule has 0 amide bonds. The Morgan fingerprint density at radius 2 is 1.77 bits per heavy atom. The van der Waals surface area contributed by atoms with E-state index in [2.05, 4.69) is 25.6 Å². The van der Waals surface area contributed by atoms with E-state index in [1.54, 1.807) is 19.2 Å². The summed E-state index contributed by atoms with van der Waals surface area (Å²) in [5.41, 5.74) is 1.59. The minimum Gasteiger partial charge on any atom is -0.351 e. The van der Waals surface area contributed by atoms with Crippen LogP contribution in [0.1, 0.15) is 36.8 Å². The molecule has 2 N–H and O–H groups in total. The average molecular weight is 413 g/mol. The van der Waals surface area contributed by atoms with Crippen molar-refractivity contribution in [2.75, 3.05) is 10.6 Å². The fraction of sp³-hybridized carbons (Fsp3) is 0.318. The molecule has 1 saturated carbocycles. The minimum absolute atomic E-state index is 0.298. The molecule has 156 valence electrons. The number of aromatic nitrogens is 3. The summed E-state index contributed by atoms with van der Waals surface area (Å²) in [4.78, 5) is 13.4. The molecule has 1 aliphatic carbocycles. The van der Waals surface area contributed by atoms with Gasteiger partial charge in [-0.05, 0) is 49.6 Å². The summed E-state index contributed by atoms with van der Waals surface area (Å²) in [6.45, 7) is 1.75. The summed E-state index contributed by atoms with van der Waals surface area (Å²) in [6.07, 6.45) is 1.67. The summed E-state index contributed by atoms with van der Waals surface area (Å²) < 4.78 is 39.4. The highest BCUT2D eigenvalue weighted by Gasteiger charge is 2.30. The van der Waals surface area contributed by atoms with Gasteiger partial charge in [-0.2, -0.15) is 18.2 Å². The van der Waals surface area contributed by atoms with Crippen LogP contribution in [0.3, 0.4) is 0 Å². The van der Waals surface area contributed by atoms with E-state index >= 15 is 0 Å². The first kappa shape index (κ1) is 20.1. The zero-order valence-corrected chi connectivity index (χ0v) is 16.5. The maximum atomic E-state index is 13.1. The van der Waals surface area contributed by atoms with E-state index in [0.29, 0.717) is 40.4 Å². The number of halogens is 3. The molecule has 0 spiro atoms. The van der Waals surface area contributed by atoms with Crippen molar-refractivity contribution in [3.8, 4) is 11.4 Å². The Morgan fingerprint density at radius 1 is 0.967 bits per heavy atom. The van der Waals surface area contributed by atoms with E-state index in [1.807, 2.05) is 18.2 Å². The van der Waals surface area contributed by atoms with Gasteiger partial charge in [-0.15, -0.1) is 0 Å². The molecule has 1 aromatic carbocycles. The molecule has 2 heterocycles. The molecule has 3 aromatic rings. The summed E-state index contributed by atoms with van der Waals surface area (Å²) in [5, 5.41) is 6.40. The summed E-state index contributed by atoms with van der Waals surface area (Å²) in [5.74, 6) is 0.853. The Kier molecular flexibility index (Phi) is 5.57. The third-order valence-electron chi connectivity index (χ3n) is 5.17. The maximum Gasteiger partial charge on any atom is 0.416 e. The van der Waals surface area contributed by atoms with Crippen LogP contribution in [-0.2, 0) is 6.18 Å². The first-order chi connectivity index (χ1) is 14.4. The number of pyridine rings is 1. The highest BCUT2D eigenvalue weighted by Crippen LogP contribution is 2.33. The van der Waals surface area contributed by atoms with Gasteiger partial charge >= 0.3 is 6.18 Å². The van der Waals surface area contributed by atoms with Crippen molar-refractivity contribution < 1.29 is 13.2 Å². The molecule has 1 aliphatic rings. The largest absolute Gasteiger partial charge is 0.416 e. The van der Waals surface area contributed by atoms with Crippen molar-refractivity contribution in [2.45, 2.75) is 44.8 Å². The van der Waals surface area contributed by atoms with Crippen LogP contribution < -0.4 is 10.6 Å². The van der Waals surface area contributed by atoms with Gasteiger partial charge in [-0.25, -0.2) is 4.98 Å². The van der Waals surface area contributed by atoms with Gasteiger partial charge < -0.3 is 10.6 Å². The Hall–Kier alpha value is -3.16. The zero-order chi connectivity index (χ0) is 21.1. The molecule has 0 saturated heterocycles. The molecule has 0 unspecified atom stereocenters. The lowest BCUT2D eigenvalue weighted by Crippen LogP contribution is -2.17. The van der Waals surface area contributed by atoms with E-state index in [1.165, 1.54) is 6.07 Å². The van der Waals surface area contributed by atoms with Crippen molar-refractivity contribution >= 4 is 17.5 Å². The SMILES string of the molecule is Cc1ccc(C(F)(F)F)cc1Nc1cc(-c2ccccn2)nc(NC2CCCC2)n1. The lowest BCUT2D eigenvalue weighted by atomic mass is 10.1. The average Bonchev–Trinajstić information content (AvgIpc) is 3.22. The second kappa shape index (κ2) is 8.30. The zero-order valence-electron chi connectivity index (χ0n) is 16.5. The summed E-state index contributed by atoms with van der Waals surface area (Å²) in [6, 6.07) is 11.1. The smallest absolute Gasteiger partial charge is 0.351 e. The highest BCUT2D eigenvalue weighted by molar-refractivity contribution is 5.67. The third kappa shape index (κ3) is 4.69. The normalized spacial score (nSPS) is 14.7. The van der Waals surface area contributed by atoms with Crippen molar-refractivity contribution in [3.05, 3.63) is 59.8 Å². The molecule has 2 aromatic heterocycles. The third-order valence-corrected chi connectivity index (χ3v) is 5.17. The molecule has 5 nitrogen and oxygen atoms in total. The van der Waals surface area contributed by atoms with E-state index in [9.17, 15) is 13.2 Å². The van der Waals surface area contributed by atoms with Gasteiger partial charge in [0.25, 0.3) is 0 Å². The van der Waals surface area contributed by atoms with Gasteiger partial charge in [-0.3, -0.25) is 4.98 Å². The fourth-order valence-corrected chi connectivity index (χ4v) is 3.55. The van der Waals surface area contributed by atoms with E-state index < -0.39 is 11.7 Å². The molecule has 1 fully saturated rings. The number of rotatable bonds is 5. The molecule has 30 heavy (non-hydrogen) atoms. The van der Waals surface area contributed by atoms with Crippen LogP contribution >= 0.6 is 0 Å². The molecular weight excluding hydrogens is 391 g/mol. The number of nitrogens with zero attached hydrogens (tertiary/aromatic N) is 3. The molecular formula is C22H22F3N5. The molecule has 0 atom stereocenters. The van der Waals surface area contributed by atoms with E-state index in [-0.39, 0.29) is 0 Å². The van der Waals surface area contributed by atoms with E-state index in [0.717, 1.165) is 37.8 Å². The van der Waals surface area contributed by atoms with Gasteiger partial charge in [-0.1, -0.05) is 25.0 Å². The van der Waals surface area contributed by atoms with Crippen molar-refractivity contribution in [1.82, 2.24) is 15.0 Å². The summed E-state index contributed by atoms with van der Waals surface area (Å²) >= 11 is 0. The van der Waals surface area contributed by atoms with Gasteiger partial charge in [0, 0.05) is 24.0 Å². The number of aryl methyl sites for hydroxylation is 1. The number of hydrogen-bond acceptors (Lipinski definition) is 5. The van der Waals surface area contributed by atoms with E-state index in [4.69, 9.17) is 0 Å². The predicted molar refractivity (Wildman–Crippen MR) is 111 cm³/mol. The Balaban J connectivity index is 1.70. The van der Waals surface area contributed by atoms with Crippen LogP contribution in [0.5, 0.6) is 0 Å². The number of hydrogen-bond donors (Lipinski definition) is 2. The first-order valence-corrected chi connectivity index (χ1v) is 9.90. The Labute approximate surface area is 172 Å². The predicted octanol–water partition coefficient (Wildman–Crippen LogP) is 5.96. The molecule has 0 radical (unpaired) electrons. The van der Waals surface area contributed by atoms with Crippen LogP contribution in [0.2, 0.25) is 0 Å². The quantitative estimate of drug-likeness (QED) is 0.540. The Morgan fingerprint density at radius 3 is 2.47 bits per heavy atom. The lowest BCUT2D eigenvalue weighted by Gasteiger charge is -2.16. The topological polar surface area (TPSA) is 62.7 Å². The molecule has 8 heteroatoms. The standard InChI is InChI=1S/C22H22F3N5/c1-14-9-10-15(22(23,24)25)12-18(14)28-20-13-19(17-8-4-5-11-26-17)29-21(30-20)27-16-6-2-3-7-16/h4-5,8-13,16H,2-3,6-7H2,1H3,(H2,27,28,29,30). The maximum absolute atomic E-state index is 13.1. The lowest BCUT2D eigenvalue weighted by molar-refractivity contribution is -0.137. The van der Waals surface area contributed by atoms with Gasteiger partial charge in [0.05, 0.1) is 17.0 Å². The molecule has 4 rings (SSSR count). The van der Waals surface area contributed by atoms with Crippen molar-refractivity contribution in [1.29, 1.82) is 0 Å². The molecule has 0 aliphatic heterocycles. The summed E-state index contributed by atoms with van der Waals surface area (Å²) in [7, 11) is 0. The second-order valence-corrected chi connectivity index (χ2v) is 7.46. The van der Waals surface area contributed by atoms with Crippen LogP contribution in [0.4, 0.5) is 30.6 Å². The van der Waals surface area contributed by atoms with Crippen LogP contribution in [0.25, 0.3) is 11.4 Å². The van der Waals surface area contributed by atoms with Crippen molar-refractivity contribution in [2.24, 2.45) is 0 Å². The van der Waals surface area contributed by atoms with Crippen molar-refractivity contribution in [3.63, 3.8) is 0 Å².